The highest BCUT2D eigenvalue weighted by Crippen LogP contribution is 2.60. The molecule has 0 aromatic heterocycles. The summed E-state index contributed by atoms with van der Waals surface area (Å²) in [6.07, 6.45) is 1.63. The zero-order valence-corrected chi connectivity index (χ0v) is 15.7. The minimum absolute atomic E-state index is 0.0214. The van der Waals surface area contributed by atoms with Gasteiger partial charge in [-0.1, -0.05) is 41.9 Å². The molecule has 0 fully saturated rings. The molecular formula is C18H24ClN3O2S. The molecule has 0 saturated heterocycles. The molecule has 1 heterocycles. The van der Waals surface area contributed by atoms with Gasteiger partial charge in [-0.15, -0.1) is 0 Å². The van der Waals surface area contributed by atoms with Gasteiger partial charge in [0.25, 0.3) is 0 Å². The number of anilines is 2. The lowest BCUT2D eigenvalue weighted by atomic mass is 10.1. The molecule has 0 aliphatic carbocycles. The van der Waals surface area contributed by atoms with Gasteiger partial charge >= 0.3 is 0 Å². The lowest BCUT2D eigenvalue weighted by Crippen LogP contribution is -2.45. The summed E-state index contributed by atoms with van der Waals surface area (Å²) < 4.78 is 25.7. The molecule has 1 unspecified atom stereocenters. The third-order valence-electron chi connectivity index (χ3n) is 4.49. The summed E-state index contributed by atoms with van der Waals surface area (Å²) in [4.78, 5) is 0. The molecule has 0 bridgehead atoms. The Bertz CT molecular complexity index is 744. The van der Waals surface area contributed by atoms with Crippen LogP contribution in [-0.2, 0) is 6.54 Å². The molecule has 2 aromatic rings. The maximum atomic E-state index is 11.2. The van der Waals surface area contributed by atoms with Gasteiger partial charge in [0.15, 0.2) is 0 Å². The number of rotatable bonds is 5. The van der Waals surface area contributed by atoms with Gasteiger partial charge in [-0.2, -0.15) is 4.31 Å². The Balaban J connectivity index is 2.09. The maximum Gasteiger partial charge on any atom is 0.0827 e. The zero-order chi connectivity index (χ0) is 18.0. The van der Waals surface area contributed by atoms with Crippen LogP contribution in [0.15, 0.2) is 48.5 Å². The van der Waals surface area contributed by atoms with Crippen molar-refractivity contribution in [3.05, 3.63) is 59.1 Å². The van der Waals surface area contributed by atoms with Gasteiger partial charge in [0.05, 0.1) is 16.4 Å². The van der Waals surface area contributed by atoms with E-state index in [2.05, 4.69) is 0 Å². The number of halogens is 1. The van der Waals surface area contributed by atoms with Gasteiger partial charge in [0.1, 0.15) is 0 Å². The number of fused-ring (bicyclic) bond motifs is 1. The molecular weight excluding hydrogens is 358 g/mol. The molecule has 0 radical (unpaired) electrons. The van der Waals surface area contributed by atoms with E-state index in [1.54, 1.807) is 20.7 Å². The summed E-state index contributed by atoms with van der Waals surface area (Å²) in [5, 5.41) is 0.480. The number of hydrogen-bond acceptors (Lipinski definition) is 5. The second kappa shape index (κ2) is 7.53. The molecule has 4 N–H and O–H groups in total. The molecule has 0 spiro atoms. The van der Waals surface area contributed by atoms with Crippen LogP contribution in [0.3, 0.4) is 0 Å². The van der Waals surface area contributed by atoms with Crippen LogP contribution in [0.1, 0.15) is 25.3 Å². The molecule has 1 aliphatic heterocycles. The van der Waals surface area contributed by atoms with Crippen LogP contribution < -0.4 is 10.0 Å². The minimum Gasteiger partial charge on any atom is -0.330 e. The molecule has 136 valence electrons. The molecule has 25 heavy (non-hydrogen) atoms. The van der Waals surface area contributed by atoms with E-state index in [0.29, 0.717) is 23.8 Å². The summed E-state index contributed by atoms with van der Waals surface area (Å²) in [6.45, 7) is 3.07. The first-order valence-electron chi connectivity index (χ1n) is 8.34. The van der Waals surface area contributed by atoms with Crippen LogP contribution in [0, 0.1) is 0 Å². The van der Waals surface area contributed by atoms with Crippen molar-refractivity contribution in [3.63, 3.8) is 0 Å². The Morgan fingerprint density at radius 1 is 1.12 bits per heavy atom. The van der Waals surface area contributed by atoms with Gasteiger partial charge < -0.3 is 5.73 Å². The van der Waals surface area contributed by atoms with Crippen LogP contribution in [0.25, 0.3) is 0 Å². The Hall–Kier alpha value is -1.28. The summed E-state index contributed by atoms with van der Waals surface area (Å²) in [5.41, 5.74) is 8.03. The third-order valence-corrected chi connectivity index (χ3v) is 6.81. The van der Waals surface area contributed by atoms with Crippen molar-refractivity contribution in [2.24, 2.45) is 5.73 Å². The lowest BCUT2D eigenvalue weighted by molar-refractivity contribution is 0.270. The quantitative estimate of drug-likeness (QED) is 0.679. The van der Waals surface area contributed by atoms with Crippen molar-refractivity contribution in [1.29, 1.82) is 0 Å². The Morgan fingerprint density at radius 2 is 1.76 bits per heavy atom. The molecule has 1 atom stereocenters. The first-order chi connectivity index (χ1) is 12.0. The van der Waals surface area contributed by atoms with E-state index < -0.39 is 11.0 Å². The first kappa shape index (κ1) is 18.5. The molecule has 5 nitrogen and oxygen atoms in total. The molecule has 0 amide bonds. The monoisotopic (exact) mass is 381 g/mol. The smallest absolute Gasteiger partial charge is 0.0827 e. The topological polar surface area (TPSA) is 73.0 Å². The van der Waals surface area contributed by atoms with E-state index in [4.69, 9.17) is 17.3 Å². The van der Waals surface area contributed by atoms with E-state index in [-0.39, 0.29) is 6.04 Å². The number of hydrogen-bond donors (Lipinski definition) is 3. The summed E-state index contributed by atoms with van der Waals surface area (Å²) in [7, 11) is -3.24. The fourth-order valence-electron chi connectivity index (χ4n) is 3.17. The molecule has 7 heteroatoms. The number of nitrogens with zero attached hydrogens (tertiary/aromatic N) is 2. The molecule has 1 aliphatic rings. The highest BCUT2D eigenvalue weighted by molar-refractivity contribution is 8.23. The molecule has 3 rings (SSSR count). The Labute approximate surface area is 155 Å². The summed E-state index contributed by atoms with van der Waals surface area (Å²) >= 11 is 6.38. The van der Waals surface area contributed by atoms with Gasteiger partial charge in [0.2, 0.25) is 0 Å². The van der Waals surface area contributed by atoms with Gasteiger partial charge in [0, 0.05) is 12.6 Å². The average molecular weight is 382 g/mol. The molecule has 2 aromatic carbocycles. The van der Waals surface area contributed by atoms with E-state index in [1.807, 2.05) is 43.3 Å². The minimum atomic E-state index is -3.24. The fraction of sp³-hybridized carbons (Fsp3) is 0.333. The number of benzene rings is 2. The first-order valence-corrected chi connectivity index (χ1v) is 10.2. The Morgan fingerprint density at radius 3 is 2.44 bits per heavy atom. The van der Waals surface area contributed by atoms with E-state index >= 15 is 0 Å². The third kappa shape index (κ3) is 3.51. The van der Waals surface area contributed by atoms with Crippen molar-refractivity contribution < 1.29 is 9.11 Å². The second-order valence-corrected chi connectivity index (χ2v) is 8.44. The van der Waals surface area contributed by atoms with Crippen LogP contribution in [0.4, 0.5) is 11.4 Å². The largest absolute Gasteiger partial charge is 0.330 e. The normalized spacial score (nSPS) is 19.3. The Kier molecular flexibility index (Phi) is 5.58. The zero-order valence-electron chi connectivity index (χ0n) is 14.2. The standard InChI is InChI=1S/C18H24ClN3O2S/c1-14(7-6-12-20)21-13-15-8-2-4-10-17(15)22(25(21,23)24)18-11-5-3-9-16(18)19/h2-5,8-11,14,23-24H,6-7,12-13,20H2,1H3. The van der Waals surface area contributed by atoms with Crippen molar-refractivity contribution in [3.8, 4) is 0 Å². The average Bonchev–Trinajstić information content (AvgIpc) is 2.60. The van der Waals surface area contributed by atoms with Crippen molar-refractivity contribution >= 4 is 33.9 Å². The van der Waals surface area contributed by atoms with Crippen LogP contribution in [0.5, 0.6) is 0 Å². The lowest BCUT2D eigenvalue weighted by Gasteiger charge is -2.55. The van der Waals surface area contributed by atoms with Gasteiger partial charge in [-0.05, 0) is 61.0 Å². The number of para-hydroxylation sites is 2. The van der Waals surface area contributed by atoms with E-state index in [9.17, 15) is 9.11 Å². The van der Waals surface area contributed by atoms with E-state index in [1.165, 1.54) is 0 Å². The molecule has 0 saturated carbocycles. The highest BCUT2D eigenvalue weighted by Gasteiger charge is 2.40. The van der Waals surface area contributed by atoms with Crippen molar-refractivity contribution in [2.45, 2.75) is 32.4 Å². The summed E-state index contributed by atoms with van der Waals surface area (Å²) in [5.74, 6) is 0. The van der Waals surface area contributed by atoms with Gasteiger partial charge in [-0.25, -0.2) is 4.31 Å². The van der Waals surface area contributed by atoms with E-state index in [0.717, 1.165) is 24.1 Å². The summed E-state index contributed by atoms with van der Waals surface area (Å²) in [6, 6.07) is 15.0. The maximum absolute atomic E-state index is 11.2. The van der Waals surface area contributed by atoms with Crippen LogP contribution in [0.2, 0.25) is 5.02 Å². The second-order valence-electron chi connectivity index (χ2n) is 6.22. The predicted molar refractivity (Wildman–Crippen MR) is 106 cm³/mol. The SMILES string of the molecule is CC(CCCN)N1Cc2ccccc2N(c2ccccc2Cl)S1(O)O. The highest BCUT2D eigenvalue weighted by atomic mass is 35.5. The van der Waals surface area contributed by atoms with Crippen molar-refractivity contribution in [2.75, 3.05) is 10.8 Å². The predicted octanol–water partition coefficient (Wildman–Crippen LogP) is 5.00. The van der Waals surface area contributed by atoms with Gasteiger partial charge in [-0.3, -0.25) is 9.11 Å². The van der Waals surface area contributed by atoms with Crippen molar-refractivity contribution in [1.82, 2.24) is 4.31 Å². The fourth-order valence-corrected chi connectivity index (χ4v) is 5.41. The number of nitrogens with two attached hydrogens (primary N) is 1. The van der Waals surface area contributed by atoms with Crippen LogP contribution >= 0.6 is 22.6 Å². The van der Waals surface area contributed by atoms with Crippen LogP contribution in [-0.4, -0.2) is 26.0 Å².